The van der Waals surface area contributed by atoms with E-state index in [2.05, 4.69) is 14.9 Å². The minimum absolute atomic E-state index is 0.160. The van der Waals surface area contributed by atoms with Crippen LogP contribution in [0.4, 0.5) is 5.69 Å². The highest BCUT2D eigenvalue weighted by Gasteiger charge is 2.26. The van der Waals surface area contributed by atoms with Crippen molar-refractivity contribution in [2.24, 2.45) is 0 Å². The van der Waals surface area contributed by atoms with Gasteiger partial charge in [0.15, 0.2) is 0 Å². The van der Waals surface area contributed by atoms with Gasteiger partial charge in [-0.3, -0.25) is 4.79 Å². The number of nitrogens with one attached hydrogen (secondary N) is 1. The summed E-state index contributed by atoms with van der Waals surface area (Å²) in [5.74, 6) is -0.0709. The molecule has 0 aliphatic heterocycles. The minimum atomic E-state index is -0.231. The van der Waals surface area contributed by atoms with Crippen molar-refractivity contribution in [3.05, 3.63) is 34.8 Å². The summed E-state index contributed by atoms with van der Waals surface area (Å²) in [5, 5.41) is 16.0. The van der Waals surface area contributed by atoms with E-state index in [4.69, 9.17) is 0 Å². The lowest BCUT2D eigenvalue weighted by Crippen LogP contribution is -2.19. The third-order valence-corrected chi connectivity index (χ3v) is 3.25. The maximum absolute atomic E-state index is 12.2. The third-order valence-electron chi connectivity index (χ3n) is 2.53. The molecule has 0 saturated heterocycles. The molecule has 1 amide bonds. The summed E-state index contributed by atoms with van der Waals surface area (Å²) in [6.45, 7) is 5.96. The van der Waals surface area contributed by atoms with E-state index in [1.165, 1.54) is 12.1 Å². The molecule has 1 aromatic carbocycles. The number of aromatic hydroxyl groups is 1. The summed E-state index contributed by atoms with van der Waals surface area (Å²) in [7, 11) is 0. The molecule has 5 nitrogen and oxygen atoms in total. The number of benzene rings is 1. The first-order valence-electron chi connectivity index (χ1n) is 5.81. The second kappa shape index (κ2) is 4.97. The Labute approximate surface area is 115 Å². The Morgan fingerprint density at radius 2 is 1.89 bits per heavy atom. The first kappa shape index (κ1) is 13.5. The van der Waals surface area contributed by atoms with Crippen molar-refractivity contribution in [1.82, 2.24) is 9.59 Å². The van der Waals surface area contributed by atoms with Crippen molar-refractivity contribution < 1.29 is 9.90 Å². The molecule has 100 valence electrons. The average Bonchev–Trinajstić information content (AvgIpc) is 2.81. The fourth-order valence-electron chi connectivity index (χ4n) is 1.56. The van der Waals surface area contributed by atoms with Crippen molar-refractivity contribution in [1.29, 1.82) is 0 Å². The average molecular weight is 277 g/mol. The van der Waals surface area contributed by atoms with Crippen molar-refractivity contribution >= 4 is 23.1 Å². The van der Waals surface area contributed by atoms with Gasteiger partial charge in [-0.15, -0.1) is 5.10 Å². The van der Waals surface area contributed by atoms with Gasteiger partial charge in [-0.05, 0) is 35.8 Å². The molecule has 0 spiro atoms. The van der Waals surface area contributed by atoms with E-state index in [1.807, 2.05) is 20.8 Å². The molecule has 0 unspecified atom stereocenters. The molecule has 2 N–H and O–H groups in total. The van der Waals surface area contributed by atoms with Crippen LogP contribution in [0.3, 0.4) is 0 Å². The minimum Gasteiger partial charge on any atom is -0.508 e. The van der Waals surface area contributed by atoms with Gasteiger partial charge in [0, 0.05) is 11.1 Å². The molecule has 0 bridgehead atoms. The van der Waals surface area contributed by atoms with Gasteiger partial charge >= 0.3 is 0 Å². The van der Waals surface area contributed by atoms with Gasteiger partial charge in [-0.2, -0.15) is 0 Å². The number of phenolic OH excluding ortho intramolecular Hbond substituents is 1. The number of phenols is 1. The molecule has 0 fully saturated rings. The number of carbonyl (C=O) groups excluding carboxylic acids is 1. The van der Waals surface area contributed by atoms with Crippen LogP contribution in [-0.2, 0) is 5.41 Å². The Bertz CT molecular complexity index is 585. The largest absolute Gasteiger partial charge is 0.508 e. The van der Waals surface area contributed by atoms with E-state index in [0.717, 1.165) is 11.5 Å². The van der Waals surface area contributed by atoms with E-state index < -0.39 is 0 Å². The summed E-state index contributed by atoms with van der Waals surface area (Å²) in [4.78, 5) is 12.7. The van der Waals surface area contributed by atoms with E-state index in [-0.39, 0.29) is 17.1 Å². The molecule has 0 aliphatic carbocycles. The van der Waals surface area contributed by atoms with Crippen molar-refractivity contribution in [3.8, 4) is 5.75 Å². The summed E-state index contributed by atoms with van der Waals surface area (Å²) in [6.07, 6.45) is 0. The molecule has 2 aromatic rings. The molecule has 1 aromatic heterocycles. The Morgan fingerprint density at radius 3 is 2.47 bits per heavy atom. The van der Waals surface area contributed by atoms with E-state index in [0.29, 0.717) is 16.3 Å². The molecule has 0 saturated carbocycles. The van der Waals surface area contributed by atoms with Crippen LogP contribution in [0.2, 0.25) is 0 Å². The van der Waals surface area contributed by atoms with Crippen LogP contribution in [0.5, 0.6) is 5.75 Å². The van der Waals surface area contributed by atoms with Crippen molar-refractivity contribution in [3.63, 3.8) is 0 Å². The van der Waals surface area contributed by atoms with Crippen LogP contribution < -0.4 is 5.32 Å². The number of hydrogen-bond donors (Lipinski definition) is 2. The molecule has 0 radical (unpaired) electrons. The predicted octanol–water partition coefficient (Wildman–Crippen LogP) is 2.79. The SMILES string of the molecule is CC(C)(C)c1nnsc1C(=O)Nc1ccc(O)cc1. The molecule has 0 atom stereocenters. The molecular weight excluding hydrogens is 262 g/mol. The normalized spacial score (nSPS) is 11.3. The number of rotatable bonds is 2. The molecule has 19 heavy (non-hydrogen) atoms. The Kier molecular flexibility index (Phi) is 3.53. The van der Waals surface area contributed by atoms with Crippen LogP contribution in [-0.4, -0.2) is 20.6 Å². The number of anilines is 1. The molecule has 2 rings (SSSR count). The Balaban J connectivity index is 2.21. The van der Waals surface area contributed by atoms with E-state index in [1.54, 1.807) is 12.1 Å². The van der Waals surface area contributed by atoms with Gasteiger partial charge in [0.1, 0.15) is 10.6 Å². The first-order chi connectivity index (χ1) is 8.88. The molecule has 0 aliphatic rings. The van der Waals surface area contributed by atoms with Crippen LogP contribution >= 0.6 is 11.5 Å². The highest BCUT2D eigenvalue weighted by Crippen LogP contribution is 2.26. The number of aromatic nitrogens is 2. The molecule has 1 heterocycles. The number of nitrogens with zero attached hydrogens (tertiary/aromatic N) is 2. The zero-order chi connectivity index (χ0) is 14.0. The number of carbonyl (C=O) groups is 1. The highest BCUT2D eigenvalue weighted by molar-refractivity contribution is 7.08. The summed E-state index contributed by atoms with van der Waals surface area (Å²) in [6, 6.07) is 6.31. The fourth-order valence-corrected chi connectivity index (χ4v) is 2.33. The van der Waals surface area contributed by atoms with E-state index >= 15 is 0 Å². The van der Waals surface area contributed by atoms with Gasteiger partial charge in [0.05, 0.1) is 5.69 Å². The highest BCUT2D eigenvalue weighted by atomic mass is 32.1. The van der Waals surface area contributed by atoms with Gasteiger partial charge in [-0.1, -0.05) is 25.3 Å². The smallest absolute Gasteiger partial charge is 0.269 e. The van der Waals surface area contributed by atoms with Crippen LogP contribution in [0.1, 0.15) is 36.1 Å². The first-order valence-corrected chi connectivity index (χ1v) is 6.58. The Hall–Kier alpha value is -1.95. The summed E-state index contributed by atoms with van der Waals surface area (Å²) < 4.78 is 3.86. The monoisotopic (exact) mass is 277 g/mol. The lowest BCUT2D eigenvalue weighted by Gasteiger charge is -2.16. The number of hydrogen-bond acceptors (Lipinski definition) is 5. The van der Waals surface area contributed by atoms with Crippen LogP contribution in [0.25, 0.3) is 0 Å². The van der Waals surface area contributed by atoms with Gasteiger partial charge in [0.25, 0.3) is 5.91 Å². The second-order valence-electron chi connectivity index (χ2n) is 5.20. The second-order valence-corrected chi connectivity index (χ2v) is 5.96. The maximum atomic E-state index is 12.2. The van der Waals surface area contributed by atoms with Gasteiger partial charge in [0.2, 0.25) is 0 Å². The molecular formula is C13H15N3O2S. The zero-order valence-corrected chi connectivity index (χ0v) is 11.8. The van der Waals surface area contributed by atoms with Crippen LogP contribution in [0, 0.1) is 0 Å². The maximum Gasteiger partial charge on any atom is 0.269 e. The lowest BCUT2D eigenvalue weighted by molar-refractivity contribution is 0.102. The molecule has 6 heteroatoms. The summed E-state index contributed by atoms with van der Waals surface area (Å²) >= 11 is 1.08. The summed E-state index contributed by atoms with van der Waals surface area (Å²) in [5.41, 5.74) is 1.08. The Morgan fingerprint density at radius 1 is 1.26 bits per heavy atom. The zero-order valence-electron chi connectivity index (χ0n) is 11.0. The van der Waals surface area contributed by atoms with Gasteiger partial charge in [-0.25, -0.2) is 0 Å². The quantitative estimate of drug-likeness (QED) is 0.828. The topological polar surface area (TPSA) is 75.1 Å². The number of amides is 1. The standard InChI is InChI=1S/C13H15N3O2S/c1-13(2,3)11-10(19-16-15-11)12(18)14-8-4-6-9(17)7-5-8/h4-7,17H,1-3H3,(H,14,18). The predicted molar refractivity (Wildman–Crippen MR) is 74.7 cm³/mol. The lowest BCUT2D eigenvalue weighted by atomic mass is 9.91. The fraction of sp³-hybridized carbons (Fsp3) is 0.308. The third kappa shape index (κ3) is 3.08. The van der Waals surface area contributed by atoms with Crippen molar-refractivity contribution in [2.45, 2.75) is 26.2 Å². The van der Waals surface area contributed by atoms with Crippen LogP contribution in [0.15, 0.2) is 24.3 Å². The van der Waals surface area contributed by atoms with Gasteiger partial charge < -0.3 is 10.4 Å². The van der Waals surface area contributed by atoms with Crippen molar-refractivity contribution in [2.75, 3.05) is 5.32 Å². The van der Waals surface area contributed by atoms with E-state index in [9.17, 15) is 9.90 Å².